The minimum Gasteiger partial charge on any atom is -0.283 e. The smallest absolute Gasteiger partial charge is 0.283 e. The largest absolute Gasteiger partial charge is 0.416 e. The van der Waals surface area contributed by atoms with E-state index in [-0.39, 0.29) is 40.6 Å². The van der Waals surface area contributed by atoms with E-state index in [1.165, 1.54) is 28.9 Å². The number of alkyl halides is 6. The lowest BCUT2D eigenvalue weighted by Crippen LogP contribution is -2.49. The third kappa shape index (κ3) is 9.02. The van der Waals surface area contributed by atoms with Crippen LogP contribution in [0.1, 0.15) is 64.2 Å². The van der Waals surface area contributed by atoms with Gasteiger partial charge in [-0.25, -0.2) is 9.69 Å². The predicted molar refractivity (Wildman–Crippen MR) is 189 cm³/mol. The first kappa shape index (κ1) is 39.1. The number of halogens is 8. The van der Waals surface area contributed by atoms with Crippen LogP contribution in [0.15, 0.2) is 54.6 Å². The number of benzene rings is 2. The number of hydrazine groups is 1. The van der Waals surface area contributed by atoms with Gasteiger partial charge in [0.25, 0.3) is 16.1 Å². The lowest BCUT2D eigenvalue weighted by molar-refractivity contribution is -0.165. The van der Waals surface area contributed by atoms with Crippen LogP contribution in [0.2, 0.25) is 10.0 Å². The maximum atomic E-state index is 13.9. The lowest BCUT2D eigenvalue weighted by atomic mass is 10.1. The van der Waals surface area contributed by atoms with E-state index in [2.05, 4.69) is 27.1 Å². The number of hydrogen-bond donors (Lipinski definition) is 2. The van der Waals surface area contributed by atoms with Crippen molar-refractivity contribution in [1.82, 2.24) is 29.2 Å². The van der Waals surface area contributed by atoms with Crippen LogP contribution in [0, 0.1) is 11.8 Å². The number of rotatable bonds is 8. The van der Waals surface area contributed by atoms with Crippen molar-refractivity contribution in [1.29, 1.82) is 0 Å². The summed E-state index contributed by atoms with van der Waals surface area (Å²) in [7, 11) is -4.72. The first-order chi connectivity index (χ1) is 25.0. The third-order valence-corrected chi connectivity index (χ3v) is 11.8. The Morgan fingerprint density at radius 1 is 0.925 bits per heavy atom. The summed E-state index contributed by atoms with van der Waals surface area (Å²) < 4.78 is 111. The molecule has 0 bridgehead atoms. The van der Waals surface area contributed by atoms with Gasteiger partial charge in [-0.05, 0) is 80.3 Å². The summed E-state index contributed by atoms with van der Waals surface area (Å²) in [4.78, 5) is 14.8. The molecule has 2 aliphatic heterocycles. The Hall–Kier alpha value is -3.63. The van der Waals surface area contributed by atoms with Crippen molar-refractivity contribution in [3.63, 3.8) is 0 Å². The predicted octanol–water partition coefficient (Wildman–Crippen LogP) is 7.82. The molecule has 6 rings (SSSR count). The molecule has 2 saturated heterocycles. The first-order valence-electron chi connectivity index (χ1n) is 16.3. The standard InChI is InChI=1S/C34H30Cl2F6N6O3S2/c35-23-11-14-27(26(36)19-23)48-31(28-15-13-24(52-28)12-8-21-6-9-22(10-7-21)33(37,38)39)25(30(44-48)32(49)45-46-16-2-1-3-17-46)20-43-53(50,51)47-18-4-5-29(47)34(40,41)42/h6-7,9-11,13-15,19,29,43H,1-5,16-18,20H2,(H,45,49)/t29-/m0/s1. The Morgan fingerprint density at radius 3 is 2.30 bits per heavy atom. The van der Waals surface area contributed by atoms with Crippen LogP contribution in [0.5, 0.6) is 0 Å². The van der Waals surface area contributed by atoms with Gasteiger partial charge in [0.1, 0.15) is 6.04 Å². The van der Waals surface area contributed by atoms with Crippen molar-refractivity contribution >= 4 is 50.7 Å². The second-order valence-corrected chi connectivity index (χ2v) is 15.9. The number of nitrogens with one attached hydrogen (secondary N) is 2. The van der Waals surface area contributed by atoms with Crippen molar-refractivity contribution in [3.05, 3.63) is 91.9 Å². The topological polar surface area (TPSA) is 99.6 Å². The van der Waals surface area contributed by atoms with Gasteiger partial charge in [0.15, 0.2) is 5.69 Å². The van der Waals surface area contributed by atoms with E-state index in [4.69, 9.17) is 23.2 Å². The number of thiophene rings is 1. The SMILES string of the molecule is O=C(NN1CCCCC1)c1nn(-c2ccc(Cl)cc2Cl)c(-c2ccc(C#Cc3ccc(C(F)(F)F)cc3)s2)c1CNS(=O)(=O)N1CCC[C@H]1C(F)(F)F. The van der Waals surface area contributed by atoms with E-state index in [1.54, 1.807) is 23.2 Å². The van der Waals surface area contributed by atoms with E-state index in [0.717, 1.165) is 42.7 Å². The Kier molecular flexibility index (Phi) is 11.5. The molecule has 4 aromatic rings. The molecular formula is C34H30Cl2F6N6O3S2. The molecular weight excluding hydrogens is 789 g/mol. The van der Waals surface area contributed by atoms with Crippen LogP contribution < -0.4 is 10.1 Å². The Labute approximate surface area is 315 Å². The maximum absolute atomic E-state index is 13.9. The Morgan fingerprint density at radius 2 is 1.64 bits per heavy atom. The molecule has 282 valence electrons. The van der Waals surface area contributed by atoms with Gasteiger partial charge in [0.05, 0.1) is 31.7 Å². The van der Waals surface area contributed by atoms with E-state index < -0.39 is 53.0 Å². The van der Waals surface area contributed by atoms with Crippen molar-refractivity contribution in [2.24, 2.45) is 0 Å². The number of nitrogens with zero attached hydrogens (tertiary/aromatic N) is 4. The van der Waals surface area contributed by atoms with Crippen molar-refractivity contribution < 1.29 is 39.6 Å². The third-order valence-electron chi connectivity index (χ3n) is 8.66. The van der Waals surface area contributed by atoms with E-state index in [0.29, 0.717) is 37.7 Å². The van der Waals surface area contributed by atoms with E-state index in [9.17, 15) is 39.6 Å². The lowest BCUT2D eigenvalue weighted by Gasteiger charge is -2.27. The number of amides is 1. The molecule has 2 aliphatic rings. The minimum absolute atomic E-state index is 0.0122. The second-order valence-electron chi connectivity index (χ2n) is 12.3. The van der Waals surface area contributed by atoms with Gasteiger partial charge in [-0.3, -0.25) is 10.2 Å². The molecule has 1 atom stereocenters. The highest BCUT2D eigenvalue weighted by Gasteiger charge is 2.50. The summed E-state index contributed by atoms with van der Waals surface area (Å²) in [5.74, 6) is 5.04. The van der Waals surface area contributed by atoms with Crippen molar-refractivity contribution in [3.8, 4) is 28.1 Å². The van der Waals surface area contributed by atoms with Crippen LogP contribution in [0.25, 0.3) is 16.3 Å². The monoisotopic (exact) mass is 818 g/mol. The van der Waals surface area contributed by atoms with Crippen molar-refractivity contribution in [2.75, 3.05) is 19.6 Å². The number of carbonyl (C=O) groups is 1. The summed E-state index contributed by atoms with van der Waals surface area (Å²) in [6.45, 7) is 0.144. The zero-order valence-corrected chi connectivity index (χ0v) is 30.6. The molecule has 0 spiro atoms. The minimum atomic E-state index is -4.79. The van der Waals surface area contributed by atoms with Crippen LogP contribution in [0.4, 0.5) is 26.3 Å². The molecule has 0 saturated carbocycles. The van der Waals surface area contributed by atoms with E-state index >= 15 is 0 Å². The summed E-state index contributed by atoms with van der Waals surface area (Å²) >= 11 is 13.9. The molecule has 2 aromatic carbocycles. The van der Waals surface area contributed by atoms with Crippen LogP contribution in [-0.2, 0) is 22.9 Å². The van der Waals surface area contributed by atoms with Gasteiger partial charge >= 0.3 is 12.4 Å². The molecule has 19 heteroatoms. The first-order valence-corrected chi connectivity index (χ1v) is 19.3. The van der Waals surface area contributed by atoms with E-state index in [1.807, 2.05) is 0 Å². The number of piperidine rings is 1. The highest BCUT2D eigenvalue weighted by molar-refractivity contribution is 7.87. The average Bonchev–Trinajstić information content (AvgIpc) is 3.86. The molecule has 0 unspecified atom stereocenters. The highest BCUT2D eigenvalue weighted by Crippen LogP contribution is 2.38. The second kappa shape index (κ2) is 15.6. The summed E-state index contributed by atoms with van der Waals surface area (Å²) in [5, 5.41) is 6.73. The summed E-state index contributed by atoms with van der Waals surface area (Å²) in [5.41, 5.74) is 2.60. The zero-order chi connectivity index (χ0) is 38.1. The quantitative estimate of drug-likeness (QED) is 0.140. The Balaban J connectivity index is 1.44. The van der Waals surface area contributed by atoms with Gasteiger partial charge < -0.3 is 0 Å². The summed E-state index contributed by atoms with van der Waals surface area (Å²) in [6, 6.07) is 9.87. The van der Waals surface area contributed by atoms with Crippen LogP contribution >= 0.6 is 34.5 Å². The molecule has 2 N–H and O–H groups in total. The number of carbonyl (C=O) groups excluding carboxylic acids is 1. The molecule has 0 aliphatic carbocycles. The van der Waals surface area contributed by atoms with Crippen LogP contribution in [0.3, 0.4) is 0 Å². The summed E-state index contributed by atoms with van der Waals surface area (Å²) in [6.07, 6.45) is -7.04. The Bertz CT molecular complexity index is 2160. The molecule has 2 fully saturated rings. The molecule has 0 radical (unpaired) electrons. The molecule has 9 nitrogen and oxygen atoms in total. The molecule has 53 heavy (non-hydrogen) atoms. The van der Waals surface area contributed by atoms with Gasteiger partial charge in [-0.15, -0.1) is 11.3 Å². The van der Waals surface area contributed by atoms with Crippen molar-refractivity contribution in [2.45, 2.75) is 57.0 Å². The fourth-order valence-electron chi connectivity index (χ4n) is 6.09. The van der Waals surface area contributed by atoms with Gasteiger partial charge in [-0.1, -0.05) is 41.5 Å². The fourth-order valence-corrected chi connectivity index (χ4v) is 8.92. The zero-order valence-electron chi connectivity index (χ0n) is 27.5. The number of aromatic nitrogens is 2. The van der Waals surface area contributed by atoms with Gasteiger partial charge in [-0.2, -0.15) is 48.9 Å². The maximum Gasteiger partial charge on any atom is 0.416 e. The fraction of sp³-hybridized carbons (Fsp3) is 0.353. The highest BCUT2D eigenvalue weighted by atomic mass is 35.5. The van der Waals surface area contributed by atoms with Crippen LogP contribution in [-0.4, -0.2) is 65.3 Å². The number of hydrogen-bond acceptors (Lipinski definition) is 6. The average molecular weight is 820 g/mol. The van der Waals surface area contributed by atoms with Gasteiger partial charge in [0.2, 0.25) is 0 Å². The normalized spacial score (nSPS) is 17.5. The molecule has 2 aromatic heterocycles. The molecule has 4 heterocycles. The van der Waals surface area contributed by atoms with Gasteiger partial charge in [0, 0.05) is 42.3 Å². The molecule has 1 amide bonds.